The molecule has 0 unspecified atom stereocenters. The van der Waals surface area contributed by atoms with Crippen molar-refractivity contribution in [1.82, 2.24) is 10.6 Å². The van der Waals surface area contributed by atoms with Crippen LogP contribution in [0.4, 0.5) is 4.39 Å². The van der Waals surface area contributed by atoms with E-state index in [0.29, 0.717) is 19.7 Å². The highest BCUT2D eigenvalue weighted by atomic mass is 35.5. The van der Waals surface area contributed by atoms with Gasteiger partial charge >= 0.3 is 0 Å². The average Bonchev–Trinajstić information content (AvgIpc) is 2.40. The van der Waals surface area contributed by atoms with Crippen molar-refractivity contribution in [2.45, 2.75) is 25.6 Å². The number of ether oxygens (including phenoxy) is 1. The summed E-state index contributed by atoms with van der Waals surface area (Å²) in [5.74, 6) is -0.597. The fourth-order valence-electron chi connectivity index (χ4n) is 1.98. The average molecular weight is 287 g/mol. The molecule has 19 heavy (non-hydrogen) atoms. The van der Waals surface area contributed by atoms with E-state index in [4.69, 9.17) is 16.3 Å². The first-order valence-corrected chi connectivity index (χ1v) is 6.52. The molecule has 104 valence electrons. The molecule has 0 aromatic heterocycles. The van der Waals surface area contributed by atoms with Crippen LogP contribution in [-0.4, -0.2) is 31.2 Å². The van der Waals surface area contributed by atoms with Crippen molar-refractivity contribution in [3.63, 3.8) is 0 Å². The SMILES string of the molecule is C[C@H]1OCCN[C@@H]1C(=O)NCc1ccc(F)c(Cl)c1. The van der Waals surface area contributed by atoms with E-state index < -0.39 is 5.82 Å². The Kier molecular flexibility index (Phi) is 4.74. The standard InChI is InChI=1S/C13H16ClFN2O2/c1-8-12(16-4-5-19-8)13(18)17-7-9-2-3-11(15)10(14)6-9/h2-3,6,8,12,16H,4-5,7H2,1H3,(H,17,18)/t8-,12+/m1/s1. The summed E-state index contributed by atoms with van der Waals surface area (Å²) in [5, 5.41) is 5.94. The van der Waals surface area contributed by atoms with E-state index in [-0.39, 0.29) is 23.1 Å². The number of hydrogen-bond donors (Lipinski definition) is 2. The number of nitrogens with one attached hydrogen (secondary N) is 2. The zero-order valence-electron chi connectivity index (χ0n) is 10.6. The molecule has 0 bridgehead atoms. The number of carbonyl (C=O) groups is 1. The summed E-state index contributed by atoms with van der Waals surface area (Å²) in [6, 6.07) is 4.03. The third-order valence-electron chi connectivity index (χ3n) is 3.05. The maximum Gasteiger partial charge on any atom is 0.240 e. The van der Waals surface area contributed by atoms with Crippen molar-refractivity contribution in [1.29, 1.82) is 0 Å². The highest BCUT2D eigenvalue weighted by molar-refractivity contribution is 6.30. The van der Waals surface area contributed by atoms with Gasteiger partial charge in [-0.2, -0.15) is 0 Å². The van der Waals surface area contributed by atoms with Crippen LogP contribution in [0.25, 0.3) is 0 Å². The number of morpholine rings is 1. The Balaban J connectivity index is 1.90. The molecule has 0 saturated carbocycles. The van der Waals surface area contributed by atoms with Crippen LogP contribution in [0.5, 0.6) is 0 Å². The molecule has 1 heterocycles. The summed E-state index contributed by atoms with van der Waals surface area (Å²) >= 11 is 5.68. The van der Waals surface area contributed by atoms with E-state index in [0.717, 1.165) is 5.56 Å². The molecule has 1 aromatic carbocycles. The van der Waals surface area contributed by atoms with Gasteiger partial charge in [-0.25, -0.2) is 4.39 Å². The summed E-state index contributed by atoms with van der Waals surface area (Å²) in [4.78, 5) is 12.0. The van der Waals surface area contributed by atoms with Crippen molar-refractivity contribution >= 4 is 17.5 Å². The fourth-order valence-corrected chi connectivity index (χ4v) is 2.18. The summed E-state index contributed by atoms with van der Waals surface area (Å²) in [6.45, 7) is 3.43. The van der Waals surface area contributed by atoms with Crippen LogP contribution in [0, 0.1) is 5.82 Å². The van der Waals surface area contributed by atoms with Gasteiger partial charge in [0.25, 0.3) is 0 Å². The van der Waals surface area contributed by atoms with Crippen LogP contribution < -0.4 is 10.6 Å². The Hall–Kier alpha value is -1.17. The van der Waals surface area contributed by atoms with Gasteiger partial charge in [-0.3, -0.25) is 4.79 Å². The third kappa shape index (κ3) is 3.65. The number of hydrogen-bond acceptors (Lipinski definition) is 3. The quantitative estimate of drug-likeness (QED) is 0.885. The van der Waals surface area contributed by atoms with Gasteiger partial charge in [0.1, 0.15) is 11.9 Å². The van der Waals surface area contributed by atoms with E-state index in [9.17, 15) is 9.18 Å². The molecule has 0 aliphatic carbocycles. The zero-order chi connectivity index (χ0) is 13.8. The second kappa shape index (κ2) is 6.32. The maximum absolute atomic E-state index is 13.0. The van der Waals surface area contributed by atoms with Gasteiger partial charge in [-0.05, 0) is 24.6 Å². The predicted molar refractivity (Wildman–Crippen MR) is 70.5 cm³/mol. The van der Waals surface area contributed by atoms with Gasteiger partial charge < -0.3 is 15.4 Å². The molecule has 2 atom stereocenters. The predicted octanol–water partition coefficient (Wildman–Crippen LogP) is 1.47. The summed E-state index contributed by atoms with van der Waals surface area (Å²) in [5.41, 5.74) is 0.754. The largest absolute Gasteiger partial charge is 0.375 e. The molecule has 0 spiro atoms. The smallest absolute Gasteiger partial charge is 0.240 e. The lowest BCUT2D eigenvalue weighted by atomic mass is 10.1. The molecule has 6 heteroatoms. The Bertz CT molecular complexity index is 470. The zero-order valence-corrected chi connectivity index (χ0v) is 11.3. The number of halogens is 2. The number of benzene rings is 1. The Labute approximate surface area is 116 Å². The van der Waals surface area contributed by atoms with Crippen LogP contribution in [0.1, 0.15) is 12.5 Å². The molecule has 2 rings (SSSR count). The monoisotopic (exact) mass is 286 g/mol. The van der Waals surface area contributed by atoms with E-state index >= 15 is 0 Å². The van der Waals surface area contributed by atoms with E-state index in [2.05, 4.69) is 10.6 Å². The number of rotatable bonds is 3. The Morgan fingerprint density at radius 2 is 2.42 bits per heavy atom. The highest BCUT2D eigenvalue weighted by Crippen LogP contribution is 2.16. The molecule has 1 saturated heterocycles. The van der Waals surface area contributed by atoms with Crippen LogP contribution in [0.15, 0.2) is 18.2 Å². The first kappa shape index (κ1) is 14.2. The van der Waals surface area contributed by atoms with Crippen LogP contribution in [0.3, 0.4) is 0 Å². The van der Waals surface area contributed by atoms with E-state index in [1.54, 1.807) is 6.07 Å². The lowest BCUT2D eigenvalue weighted by molar-refractivity contribution is -0.129. The van der Waals surface area contributed by atoms with Gasteiger partial charge in [0.15, 0.2) is 0 Å². The number of amides is 1. The lowest BCUT2D eigenvalue weighted by Gasteiger charge is -2.29. The van der Waals surface area contributed by atoms with E-state index in [1.807, 2.05) is 6.92 Å². The van der Waals surface area contributed by atoms with Crippen molar-refractivity contribution in [3.8, 4) is 0 Å². The Morgan fingerprint density at radius 3 is 3.11 bits per heavy atom. The summed E-state index contributed by atoms with van der Waals surface area (Å²) in [7, 11) is 0. The minimum atomic E-state index is -0.465. The maximum atomic E-state index is 13.0. The van der Waals surface area contributed by atoms with Gasteiger partial charge in [0.05, 0.1) is 17.7 Å². The fraction of sp³-hybridized carbons (Fsp3) is 0.462. The molecule has 1 fully saturated rings. The minimum absolute atomic E-state index is 0.0549. The summed E-state index contributed by atoms with van der Waals surface area (Å²) in [6.07, 6.45) is -0.162. The first-order valence-electron chi connectivity index (χ1n) is 6.14. The minimum Gasteiger partial charge on any atom is -0.375 e. The van der Waals surface area contributed by atoms with Crippen molar-refractivity contribution < 1.29 is 13.9 Å². The van der Waals surface area contributed by atoms with Crippen molar-refractivity contribution in [3.05, 3.63) is 34.6 Å². The molecule has 1 amide bonds. The van der Waals surface area contributed by atoms with Crippen LogP contribution in [-0.2, 0) is 16.1 Å². The second-order valence-electron chi connectivity index (χ2n) is 4.47. The van der Waals surface area contributed by atoms with Gasteiger partial charge in [-0.1, -0.05) is 17.7 Å². The van der Waals surface area contributed by atoms with Gasteiger partial charge in [0.2, 0.25) is 5.91 Å². The third-order valence-corrected chi connectivity index (χ3v) is 3.34. The van der Waals surface area contributed by atoms with Crippen LogP contribution in [0.2, 0.25) is 5.02 Å². The normalized spacial score (nSPS) is 23.1. The van der Waals surface area contributed by atoms with Gasteiger partial charge in [0, 0.05) is 13.1 Å². The second-order valence-corrected chi connectivity index (χ2v) is 4.88. The molecule has 4 nitrogen and oxygen atoms in total. The summed E-state index contributed by atoms with van der Waals surface area (Å²) < 4.78 is 18.4. The van der Waals surface area contributed by atoms with Crippen molar-refractivity contribution in [2.24, 2.45) is 0 Å². The molecule has 1 aromatic rings. The molecular weight excluding hydrogens is 271 g/mol. The molecule has 0 radical (unpaired) electrons. The lowest BCUT2D eigenvalue weighted by Crippen LogP contribution is -2.55. The topological polar surface area (TPSA) is 50.4 Å². The first-order chi connectivity index (χ1) is 9.08. The van der Waals surface area contributed by atoms with E-state index in [1.165, 1.54) is 12.1 Å². The highest BCUT2D eigenvalue weighted by Gasteiger charge is 2.27. The molecule has 1 aliphatic heterocycles. The molecule has 2 N–H and O–H groups in total. The van der Waals surface area contributed by atoms with Gasteiger partial charge in [-0.15, -0.1) is 0 Å². The van der Waals surface area contributed by atoms with Crippen LogP contribution >= 0.6 is 11.6 Å². The molecular formula is C13H16ClFN2O2. The van der Waals surface area contributed by atoms with Crippen molar-refractivity contribution in [2.75, 3.05) is 13.2 Å². The Morgan fingerprint density at radius 1 is 1.63 bits per heavy atom. The molecule has 1 aliphatic rings. The number of carbonyl (C=O) groups excluding carboxylic acids is 1.